The SMILES string of the molecule is CC(C)CN1CCN(c2cnc(-c3ccc(C(F)(F)F)cc3)c(-c3ccncc3Cl)n2)CC1. The zero-order valence-electron chi connectivity index (χ0n) is 18.5. The summed E-state index contributed by atoms with van der Waals surface area (Å²) >= 11 is 6.41. The van der Waals surface area contributed by atoms with Crippen LogP contribution in [0.1, 0.15) is 19.4 Å². The predicted octanol–water partition coefficient (Wildman–Crippen LogP) is 5.66. The molecule has 0 radical (unpaired) electrons. The van der Waals surface area contributed by atoms with Crippen molar-refractivity contribution in [1.82, 2.24) is 19.9 Å². The highest BCUT2D eigenvalue weighted by atomic mass is 35.5. The topological polar surface area (TPSA) is 45.2 Å². The summed E-state index contributed by atoms with van der Waals surface area (Å²) in [5.74, 6) is 1.33. The van der Waals surface area contributed by atoms with Gasteiger partial charge in [0.1, 0.15) is 11.5 Å². The van der Waals surface area contributed by atoms with Gasteiger partial charge in [0, 0.05) is 56.2 Å². The van der Waals surface area contributed by atoms with Crippen molar-refractivity contribution >= 4 is 17.4 Å². The second kappa shape index (κ2) is 9.65. The number of nitrogens with zero attached hydrogens (tertiary/aromatic N) is 5. The number of hydrogen-bond donors (Lipinski definition) is 0. The number of pyridine rings is 1. The summed E-state index contributed by atoms with van der Waals surface area (Å²) in [5, 5.41) is 0.402. The van der Waals surface area contributed by atoms with E-state index in [1.54, 1.807) is 18.5 Å². The minimum absolute atomic E-state index is 0.402. The van der Waals surface area contributed by atoms with Crippen molar-refractivity contribution in [2.75, 3.05) is 37.6 Å². The lowest BCUT2D eigenvalue weighted by Crippen LogP contribution is -2.47. The maximum Gasteiger partial charge on any atom is 0.416 e. The monoisotopic (exact) mass is 475 g/mol. The molecule has 2 aromatic heterocycles. The van der Waals surface area contributed by atoms with Gasteiger partial charge in [0.15, 0.2) is 0 Å². The Balaban J connectivity index is 1.69. The molecule has 3 heterocycles. The summed E-state index contributed by atoms with van der Waals surface area (Å²) in [6.07, 6.45) is 0.413. The number of benzene rings is 1. The molecule has 0 saturated carbocycles. The van der Waals surface area contributed by atoms with Crippen molar-refractivity contribution in [3.05, 3.63) is 59.5 Å². The lowest BCUT2D eigenvalue weighted by molar-refractivity contribution is -0.137. The van der Waals surface area contributed by atoms with E-state index in [1.165, 1.54) is 18.3 Å². The van der Waals surface area contributed by atoms with Crippen LogP contribution in [-0.4, -0.2) is 52.6 Å². The fraction of sp³-hybridized carbons (Fsp3) is 0.375. The third kappa shape index (κ3) is 5.45. The molecule has 1 fully saturated rings. The molecule has 174 valence electrons. The number of halogens is 4. The summed E-state index contributed by atoms with van der Waals surface area (Å²) in [7, 11) is 0. The number of alkyl halides is 3. The van der Waals surface area contributed by atoms with Crippen molar-refractivity contribution in [2.24, 2.45) is 5.92 Å². The van der Waals surface area contributed by atoms with Crippen LogP contribution < -0.4 is 4.90 Å². The smallest absolute Gasteiger partial charge is 0.353 e. The van der Waals surface area contributed by atoms with Crippen LogP contribution in [0.25, 0.3) is 22.5 Å². The van der Waals surface area contributed by atoms with Gasteiger partial charge < -0.3 is 4.90 Å². The lowest BCUT2D eigenvalue weighted by Gasteiger charge is -2.36. The van der Waals surface area contributed by atoms with Crippen LogP contribution in [0, 0.1) is 5.92 Å². The van der Waals surface area contributed by atoms with Gasteiger partial charge in [-0.05, 0) is 24.1 Å². The largest absolute Gasteiger partial charge is 0.416 e. The maximum atomic E-state index is 13.0. The average Bonchev–Trinajstić information content (AvgIpc) is 2.79. The van der Waals surface area contributed by atoms with E-state index in [0.29, 0.717) is 33.5 Å². The van der Waals surface area contributed by atoms with E-state index in [2.05, 4.69) is 33.6 Å². The van der Waals surface area contributed by atoms with Gasteiger partial charge in [-0.15, -0.1) is 0 Å². The number of rotatable bonds is 5. The highest BCUT2D eigenvalue weighted by molar-refractivity contribution is 6.33. The summed E-state index contributed by atoms with van der Waals surface area (Å²) in [6, 6.07) is 6.67. The fourth-order valence-corrected chi connectivity index (χ4v) is 4.20. The molecular formula is C24H25ClF3N5. The molecule has 1 aliphatic rings. The fourth-order valence-electron chi connectivity index (χ4n) is 3.99. The van der Waals surface area contributed by atoms with Gasteiger partial charge in [-0.1, -0.05) is 37.6 Å². The molecule has 4 rings (SSSR count). The number of aromatic nitrogens is 3. The molecule has 1 aromatic carbocycles. The molecule has 33 heavy (non-hydrogen) atoms. The molecule has 0 unspecified atom stereocenters. The molecule has 3 aromatic rings. The Hall–Kier alpha value is -2.71. The molecule has 1 saturated heterocycles. The Morgan fingerprint density at radius 3 is 2.27 bits per heavy atom. The van der Waals surface area contributed by atoms with Gasteiger partial charge in [0.2, 0.25) is 0 Å². The third-order valence-electron chi connectivity index (χ3n) is 5.59. The van der Waals surface area contributed by atoms with Gasteiger partial charge >= 0.3 is 6.18 Å². The number of hydrogen-bond acceptors (Lipinski definition) is 5. The van der Waals surface area contributed by atoms with Gasteiger partial charge in [-0.25, -0.2) is 4.98 Å². The predicted molar refractivity (Wildman–Crippen MR) is 124 cm³/mol. The molecular weight excluding hydrogens is 451 g/mol. The summed E-state index contributed by atoms with van der Waals surface area (Å²) in [5.41, 5.74) is 1.45. The molecule has 9 heteroatoms. The minimum atomic E-state index is -4.40. The molecule has 0 aliphatic carbocycles. The molecule has 0 amide bonds. The average molecular weight is 476 g/mol. The Kier molecular flexibility index (Phi) is 6.86. The maximum absolute atomic E-state index is 13.0. The second-order valence-electron chi connectivity index (χ2n) is 8.54. The van der Waals surface area contributed by atoms with Crippen molar-refractivity contribution in [3.63, 3.8) is 0 Å². The lowest BCUT2D eigenvalue weighted by atomic mass is 10.0. The Morgan fingerprint density at radius 1 is 0.970 bits per heavy atom. The van der Waals surface area contributed by atoms with Gasteiger partial charge in [0.05, 0.1) is 22.5 Å². The zero-order chi connectivity index (χ0) is 23.6. The molecule has 1 aliphatic heterocycles. The minimum Gasteiger partial charge on any atom is -0.353 e. The second-order valence-corrected chi connectivity index (χ2v) is 8.94. The molecule has 0 spiro atoms. The van der Waals surface area contributed by atoms with E-state index in [4.69, 9.17) is 16.6 Å². The first-order chi connectivity index (χ1) is 15.7. The van der Waals surface area contributed by atoms with E-state index >= 15 is 0 Å². The highest BCUT2D eigenvalue weighted by Crippen LogP contribution is 2.36. The first-order valence-electron chi connectivity index (χ1n) is 10.8. The van der Waals surface area contributed by atoms with Crippen LogP contribution in [0.15, 0.2) is 48.9 Å². The van der Waals surface area contributed by atoms with E-state index in [9.17, 15) is 13.2 Å². The third-order valence-corrected chi connectivity index (χ3v) is 5.89. The van der Waals surface area contributed by atoms with Crippen molar-refractivity contribution in [2.45, 2.75) is 20.0 Å². The summed E-state index contributed by atoms with van der Waals surface area (Å²) < 4.78 is 39.0. The van der Waals surface area contributed by atoms with Crippen LogP contribution in [0.5, 0.6) is 0 Å². The number of anilines is 1. The van der Waals surface area contributed by atoms with E-state index in [0.717, 1.165) is 50.7 Å². The highest BCUT2D eigenvalue weighted by Gasteiger charge is 2.30. The van der Waals surface area contributed by atoms with E-state index in [-0.39, 0.29) is 0 Å². The zero-order valence-corrected chi connectivity index (χ0v) is 19.2. The van der Waals surface area contributed by atoms with Crippen molar-refractivity contribution in [3.8, 4) is 22.5 Å². The van der Waals surface area contributed by atoms with Gasteiger partial charge in [-0.2, -0.15) is 13.2 Å². The van der Waals surface area contributed by atoms with Crippen LogP contribution in [0.4, 0.5) is 19.0 Å². The molecule has 5 nitrogen and oxygen atoms in total. The van der Waals surface area contributed by atoms with Crippen molar-refractivity contribution < 1.29 is 13.2 Å². The standard InChI is InChI=1S/C24H25ClF3N5/c1-16(2)15-32-9-11-33(12-10-32)21-14-30-22(17-3-5-18(6-4-17)24(26,27)28)23(31-21)19-7-8-29-13-20(19)25/h3-8,13-14,16H,9-12,15H2,1-2H3. The molecule has 0 atom stereocenters. The van der Waals surface area contributed by atoms with Crippen LogP contribution in [0.2, 0.25) is 5.02 Å². The first kappa shape index (κ1) is 23.4. The summed E-state index contributed by atoms with van der Waals surface area (Å²) in [4.78, 5) is 18.1. The van der Waals surface area contributed by atoms with Crippen LogP contribution in [0.3, 0.4) is 0 Å². The van der Waals surface area contributed by atoms with Crippen LogP contribution in [-0.2, 0) is 6.18 Å². The van der Waals surface area contributed by atoms with E-state index in [1.807, 2.05) is 0 Å². The van der Waals surface area contributed by atoms with Gasteiger partial charge in [-0.3, -0.25) is 14.9 Å². The Labute approximate surface area is 196 Å². The Bertz CT molecular complexity index is 1090. The van der Waals surface area contributed by atoms with Gasteiger partial charge in [0.25, 0.3) is 0 Å². The molecule has 0 bridgehead atoms. The quantitative estimate of drug-likeness (QED) is 0.476. The first-order valence-corrected chi connectivity index (χ1v) is 11.2. The van der Waals surface area contributed by atoms with Crippen molar-refractivity contribution in [1.29, 1.82) is 0 Å². The van der Waals surface area contributed by atoms with E-state index < -0.39 is 11.7 Å². The van der Waals surface area contributed by atoms with Crippen LogP contribution >= 0.6 is 11.6 Å². The normalized spacial score (nSPS) is 15.3. The number of piperazine rings is 1. The molecule has 0 N–H and O–H groups in total. The summed E-state index contributed by atoms with van der Waals surface area (Å²) in [6.45, 7) is 9.00. The Morgan fingerprint density at radius 2 is 1.67 bits per heavy atom.